The van der Waals surface area contributed by atoms with Crippen LogP contribution in [0.1, 0.15) is 5.56 Å². The van der Waals surface area contributed by atoms with Gasteiger partial charge in [-0.25, -0.2) is 0 Å². The second kappa shape index (κ2) is 4.68. The van der Waals surface area contributed by atoms with E-state index in [0.29, 0.717) is 15.6 Å². The van der Waals surface area contributed by atoms with Crippen molar-refractivity contribution >= 4 is 36.4 Å². The summed E-state index contributed by atoms with van der Waals surface area (Å²) in [5.41, 5.74) is 0.582. The summed E-state index contributed by atoms with van der Waals surface area (Å²) in [7, 11) is -1.49. The lowest BCUT2D eigenvalue weighted by Gasteiger charge is -2.00. The highest BCUT2D eigenvalue weighted by molar-refractivity contribution is 6.49. The topological polar surface area (TPSA) is 40.5 Å². The predicted molar refractivity (Wildman–Crippen MR) is 55.7 cm³/mol. The monoisotopic (exact) mass is 216 g/mol. The molecule has 0 heterocycles. The molecule has 13 heavy (non-hydrogen) atoms. The Bertz CT molecular complexity index is 306. The zero-order chi connectivity index (χ0) is 9.84. The molecular formula is C8H7BCl2O2. The lowest BCUT2D eigenvalue weighted by molar-refractivity contribution is 0.424. The van der Waals surface area contributed by atoms with Crippen molar-refractivity contribution in [3.05, 3.63) is 39.8 Å². The van der Waals surface area contributed by atoms with Gasteiger partial charge in [0.25, 0.3) is 0 Å². The normalized spacial score (nSPS) is 10.8. The number of halogens is 2. The fourth-order valence-corrected chi connectivity index (χ4v) is 1.38. The first kappa shape index (κ1) is 10.6. The maximum Gasteiger partial charge on any atom is 0.480 e. The molecule has 0 aromatic heterocycles. The molecule has 0 fully saturated rings. The molecule has 2 nitrogen and oxygen atoms in total. The van der Waals surface area contributed by atoms with Gasteiger partial charge in [-0.2, -0.15) is 0 Å². The second-order valence-electron chi connectivity index (χ2n) is 2.41. The van der Waals surface area contributed by atoms with Crippen LogP contribution in [0.5, 0.6) is 0 Å². The molecule has 0 bridgehead atoms. The lowest BCUT2D eigenvalue weighted by Crippen LogP contribution is -2.05. The van der Waals surface area contributed by atoms with Crippen LogP contribution in [-0.4, -0.2) is 17.2 Å². The lowest BCUT2D eigenvalue weighted by atomic mass is 9.91. The second-order valence-corrected chi connectivity index (χ2v) is 3.22. The van der Waals surface area contributed by atoms with Gasteiger partial charge in [-0.1, -0.05) is 41.3 Å². The Kier molecular flexibility index (Phi) is 3.81. The summed E-state index contributed by atoms with van der Waals surface area (Å²) < 4.78 is 0. The smallest absolute Gasteiger partial charge is 0.424 e. The van der Waals surface area contributed by atoms with Gasteiger partial charge in [0.1, 0.15) is 0 Å². The average molecular weight is 217 g/mol. The third kappa shape index (κ3) is 3.05. The van der Waals surface area contributed by atoms with E-state index in [4.69, 9.17) is 33.2 Å². The van der Waals surface area contributed by atoms with Crippen LogP contribution in [0.25, 0.3) is 6.08 Å². The Balaban J connectivity index is 3.00. The van der Waals surface area contributed by atoms with E-state index >= 15 is 0 Å². The maximum atomic E-state index is 8.58. The van der Waals surface area contributed by atoms with Crippen LogP contribution in [0.15, 0.2) is 24.2 Å². The molecule has 0 aliphatic heterocycles. The summed E-state index contributed by atoms with van der Waals surface area (Å²) in [6, 6.07) is 5.07. The highest BCUT2D eigenvalue weighted by Gasteiger charge is 2.03. The van der Waals surface area contributed by atoms with Gasteiger partial charge in [-0.05, 0) is 12.1 Å². The largest absolute Gasteiger partial charge is 0.480 e. The van der Waals surface area contributed by atoms with E-state index in [9.17, 15) is 0 Å². The summed E-state index contributed by atoms with van der Waals surface area (Å²) in [5, 5.41) is 18.1. The number of hydrogen-bond donors (Lipinski definition) is 2. The molecule has 0 aliphatic rings. The Morgan fingerprint density at radius 2 is 1.69 bits per heavy atom. The zero-order valence-electron chi connectivity index (χ0n) is 6.61. The SMILES string of the molecule is OB(O)/C=C/c1c(Cl)cccc1Cl. The summed E-state index contributed by atoms with van der Waals surface area (Å²) >= 11 is 11.6. The summed E-state index contributed by atoms with van der Waals surface area (Å²) in [6.45, 7) is 0. The number of hydrogen-bond acceptors (Lipinski definition) is 2. The first-order valence-electron chi connectivity index (χ1n) is 3.59. The van der Waals surface area contributed by atoms with Gasteiger partial charge < -0.3 is 10.0 Å². The summed E-state index contributed by atoms with van der Waals surface area (Å²) in [4.78, 5) is 0. The van der Waals surface area contributed by atoms with Crippen molar-refractivity contribution in [2.24, 2.45) is 0 Å². The van der Waals surface area contributed by atoms with Gasteiger partial charge in [0.2, 0.25) is 0 Å². The third-order valence-electron chi connectivity index (χ3n) is 1.43. The molecular weight excluding hydrogens is 210 g/mol. The van der Waals surface area contributed by atoms with E-state index in [2.05, 4.69) is 0 Å². The van der Waals surface area contributed by atoms with Crippen LogP contribution in [0.2, 0.25) is 10.0 Å². The number of rotatable bonds is 2. The molecule has 0 radical (unpaired) electrons. The first-order chi connectivity index (χ1) is 6.11. The fraction of sp³-hybridized carbons (Fsp3) is 0. The van der Waals surface area contributed by atoms with Crippen LogP contribution >= 0.6 is 23.2 Å². The highest BCUT2D eigenvalue weighted by atomic mass is 35.5. The standard InChI is InChI=1S/C8H7BCl2O2/c10-7-2-1-3-8(11)6(7)4-5-9(12)13/h1-5,12-13H/b5-4+. The van der Waals surface area contributed by atoms with Gasteiger partial charge >= 0.3 is 7.12 Å². The Morgan fingerprint density at radius 1 is 1.15 bits per heavy atom. The molecule has 68 valence electrons. The minimum atomic E-state index is -1.49. The molecule has 0 saturated heterocycles. The third-order valence-corrected chi connectivity index (χ3v) is 2.09. The van der Waals surface area contributed by atoms with Crippen molar-refractivity contribution in [1.82, 2.24) is 0 Å². The van der Waals surface area contributed by atoms with Gasteiger partial charge in [-0.3, -0.25) is 0 Å². The molecule has 0 aliphatic carbocycles. The van der Waals surface area contributed by atoms with Crippen molar-refractivity contribution in [1.29, 1.82) is 0 Å². The average Bonchev–Trinajstić information content (AvgIpc) is 2.03. The van der Waals surface area contributed by atoms with Crippen LogP contribution in [-0.2, 0) is 0 Å². The first-order valence-corrected chi connectivity index (χ1v) is 4.35. The van der Waals surface area contributed by atoms with E-state index in [1.165, 1.54) is 12.1 Å². The molecule has 0 saturated carbocycles. The molecule has 5 heteroatoms. The van der Waals surface area contributed by atoms with Crippen LogP contribution in [0.3, 0.4) is 0 Å². The maximum absolute atomic E-state index is 8.58. The molecule has 0 unspecified atom stereocenters. The van der Waals surface area contributed by atoms with Crippen molar-refractivity contribution in [3.63, 3.8) is 0 Å². The Hall–Kier alpha value is -0.475. The van der Waals surface area contributed by atoms with Crippen LogP contribution in [0.4, 0.5) is 0 Å². The van der Waals surface area contributed by atoms with E-state index in [-0.39, 0.29) is 0 Å². The predicted octanol–water partition coefficient (Wildman–Crippen LogP) is 2.02. The minimum Gasteiger partial charge on any atom is -0.424 e. The highest BCUT2D eigenvalue weighted by Crippen LogP contribution is 2.25. The molecule has 2 N–H and O–H groups in total. The summed E-state index contributed by atoms with van der Waals surface area (Å²) in [6.07, 6.45) is 1.47. The quantitative estimate of drug-likeness (QED) is 0.743. The molecule has 1 rings (SSSR count). The van der Waals surface area contributed by atoms with E-state index < -0.39 is 7.12 Å². The van der Waals surface area contributed by atoms with Gasteiger partial charge in [0.05, 0.1) is 0 Å². The van der Waals surface area contributed by atoms with Crippen LogP contribution < -0.4 is 0 Å². The van der Waals surface area contributed by atoms with Gasteiger partial charge in [0, 0.05) is 15.6 Å². The van der Waals surface area contributed by atoms with E-state index in [1.54, 1.807) is 18.2 Å². The zero-order valence-corrected chi connectivity index (χ0v) is 8.13. The van der Waals surface area contributed by atoms with E-state index in [1.807, 2.05) is 0 Å². The molecule has 1 aromatic rings. The molecule has 0 atom stereocenters. The molecule has 0 spiro atoms. The van der Waals surface area contributed by atoms with Crippen molar-refractivity contribution < 1.29 is 10.0 Å². The number of benzene rings is 1. The van der Waals surface area contributed by atoms with Crippen molar-refractivity contribution in [3.8, 4) is 0 Å². The van der Waals surface area contributed by atoms with Crippen LogP contribution in [0, 0.1) is 0 Å². The van der Waals surface area contributed by atoms with Crippen molar-refractivity contribution in [2.45, 2.75) is 0 Å². The Morgan fingerprint density at radius 3 is 2.15 bits per heavy atom. The van der Waals surface area contributed by atoms with Gasteiger partial charge in [-0.15, -0.1) is 0 Å². The fourth-order valence-electron chi connectivity index (χ4n) is 0.852. The Labute approximate surface area is 86.6 Å². The molecule has 0 amide bonds. The van der Waals surface area contributed by atoms with Crippen molar-refractivity contribution in [2.75, 3.05) is 0 Å². The summed E-state index contributed by atoms with van der Waals surface area (Å²) in [5.74, 6) is 1.19. The molecule has 1 aromatic carbocycles. The minimum absolute atomic E-state index is 0.476. The van der Waals surface area contributed by atoms with E-state index in [0.717, 1.165) is 0 Å². The van der Waals surface area contributed by atoms with Gasteiger partial charge in [0.15, 0.2) is 0 Å².